The highest BCUT2D eigenvalue weighted by Gasteiger charge is 2.58. The van der Waals surface area contributed by atoms with Gasteiger partial charge in [-0.05, 0) is 80.1 Å². The summed E-state index contributed by atoms with van der Waals surface area (Å²) >= 11 is 0. The number of Topliss-reactive ketones (excluding diaryl/α,β-unsaturated/α-hetero) is 2. The minimum atomic E-state index is -0.116. The first-order valence-electron chi connectivity index (χ1n) is 9.96. The molecule has 25 heavy (non-hydrogen) atoms. The molecule has 136 valence electrons. The summed E-state index contributed by atoms with van der Waals surface area (Å²) in [4.78, 5) is 36.8. The first-order chi connectivity index (χ1) is 11.7. The number of hydrogen-bond donors (Lipinski definition) is 0. The normalized spacial score (nSPS) is 46.6. The molecule has 4 aliphatic rings. The van der Waals surface area contributed by atoms with Gasteiger partial charge in [0.05, 0.1) is 0 Å². The molecule has 3 saturated carbocycles. The van der Waals surface area contributed by atoms with E-state index in [0.29, 0.717) is 24.5 Å². The zero-order valence-electron chi connectivity index (χ0n) is 15.8. The predicted octanol–water partition coefficient (Wildman–Crippen LogP) is 4.44. The van der Waals surface area contributed by atoms with Crippen LogP contribution in [0.2, 0.25) is 0 Å². The summed E-state index contributed by atoms with van der Waals surface area (Å²) in [6.07, 6.45) is 10.1. The molecule has 3 heteroatoms. The third kappa shape index (κ3) is 2.49. The Morgan fingerprint density at radius 1 is 1.12 bits per heavy atom. The average Bonchev–Trinajstić information content (AvgIpc) is 2.86. The van der Waals surface area contributed by atoms with Crippen LogP contribution in [0.5, 0.6) is 0 Å². The van der Waals surface area contributed by atoms with Gasteiger partial charge in [0.25, 0.3) is 0 Å². The monoisotopic (exact) mass is 342 g/mol. The van der Waals surface area contributed by atoms with Gasteiger partial charge in [-0.1, -0.05) is 13.8 Å². The van der Waals surface area contributed by atoms with E-state index in [9.17, 15) is 14.4 Å². The second kappa shape index (κ2) is 5.37. The molecule has 3 unspecified atom stereocenters. The van der Waals surface area contributed by atoms with Crippen LogP contribution in [0.4, 0.5) is 0 Å². The lowest BCUT2D eigenvalue weighted by Crippen LogP contribution is -2.49. The van der Waals surface area contributed by atoms with Gasteiger partial charge in [-0.25, -0.2) is 0 Å². The molecule has 4 aliphatic carbocycles. The Morgan fingerprint density at radius 2 is 1.88 bits per heavy atom. The fourth-order valence-electron chi connectivity index (χ4n) is 7.04. The van der Waals surface area contributed by atoms with Gasteiger partial charge in [-0.15, -0.1) is 0 Å². The molecular formula is C22H30O3. The van der Waals surface area contributed by atoms with Gasteiger partial charge in [0.15, 0.2) is 11.6 Å². The van der Waals surface area contributed by atoms with Gasteiger partial charge < -0.3 is 0 Å². The predicted molar refractivity (Wildman–Crippen MR) is 96.0 cm³/mol. The van der Waals surface area contributed by atoms with Gasteiger partial charge >= 0.3 is 0 Å². The highest BCUT2D eigenvalue weighted by Crippen LogP contribution is 2.65. The molecule has 0 bridgehead atoms. The van der Waals surface area contributed by atoms with Crippen molar-refractivity contribution in [2.75, 3.05) is 0 Å². The molecule has 0 saturated heterocycles. The smallest absolute Gasteiger partial charge is 0.160 e. The lowest BCUT2D eigenvalue weighted by molar-refractivity contribution is -0.132. The number of rotatable bonds is 1. The summed E-state index contributed by atoms with van der Waals surface area (Å²) in [6.45, 7) is 6.27. The van der Waals surface area contributed by atoms with Crippen molar-refractivity contribution in [3.05, 3.63) is 11.6 Å². The molecule has 0 heterocycles. The van der Waals surface area contributed by atoms with Crippen molar-refractivity contribution in [2.24, 2.45) is 28.1 Å². The van der Waals surface area contributed by atoms with E-state index in [1.54, 1.807) is 13.0 Å². The summed E-state index contributed by atoms with van der Waals surface area (Å²) in [6, 6.07) is 0. The van der Waals surface area contributed by atoms with E-state index in [0.717, 1.165) is 50.5 Å². The highest BCUT2D eigenvalue weighted by molar-refractivity contribution is 6.05. The van der Waals surface area contributed by atoms with E-state index in [1.807, 2.05) is 0 Å². The summed E-state index contributed by atoms with van der Waals surface area (Å²) in [5, 5.41) is 0. The van der Waals surface area contributed by atoms with Crippen LogP contribution in [0.3, 0.4) is 0 Å². The van der Waals surface area contributed by atoms with Crippen LogP contribution >= 0.6 is 0 Å². The van der Waals surface area contributed by atoms with E-state index >= 15 is 0 Å². The van der Waals surface area contributed by atoms with Gasteiger partial charge in [0, 0.05) is 24.3 Å². The summed E-state index contributed by atoms with van der Waals surface area (Å²) in [7, 11) is 0. The number of allylic oxidation sites excluding steroid dienone is 2. The number of hydrogen-bond acceptors (Lipinski definition) is 3. The van der Waals surface area contributed by atoms with Crippen molar-refractivity contribution >= 4 is 17.3 Å². The average molecular weight is 342 g/mol. The molecule has 3 nitrogen and oxygen atoms in total. The molecule has 0 radical (unpaired) electrons. The zero-order valence-corrected chi connectivity index (χ0v) is 15.8. The van der Waals surface area contributed by atoms with Crippen molar-refractivity contribution in [1.29, 1.82) is 0 Å². The van der Waals surface area contributed by atoms with Crippen LogP contribution in [0.1, 0.15) is 78.6 Å². The van der Waals surface area contributed by atoms with Crippen molar-refractivity contribution in [2.45, 2.75) is 78.6 Å². The van der Waals surface area contributed by atoms with Gasteiger partial charge in [-0.2, -0.15) is 0 Å². The Morgan fingerprint density at radius 3 is 2.60 bits per heavy atom. The third-order valence-electron chi connectivity index (χ3n) is 8.38. The molecule has 0 aromatic heterocycles. The van der Waals surface area contributed by atoms with E-state index < -0.39 is 0 Å². The van der Waals surface area contributed by atoms with Gasteiger partial charge in [0.2, 0.25) is 0 Å². The number of carbonyl (C=O) groups excluding carboxylic acids is 3. The lowest BCUT2D eigenvalue weighted by Gasteiger charge is -2.55. The van der Waals surface area contributed by atoms with E-state index in [2.05, 4.69) is 13.8 Å². The molecule has 1 spiro atoms. The molecule has 5 atom stereocenters. The zero-order chi connectivity index (χ0) is 18.0. The summed E-state index contributed by atoms with van der Waals surface area (Å²) in [5.74, 6) is 1.47. The van der Waals surface area contributed by atoms with E-state index in [4.69, 9.17) is 0 Å². The number of fused-ring (bicyclic) bond motifs is 2. The quantitative estimate of drug-likeness (QED) is 0.708. The second-order valence-electron chi connectivity index (χ2n) is 10.0. The topological polar surface area (TPSA) is 51.2 Å². The van der Waals surface area contributed by atoms with Crippen LogP contribution in [0, 0.1) is 28.1 Å². The van der Waals surface area contributed by atoms with E-state index in [-0.39, 0.29) is 33.7 Å². The van der Waals surface area contributed by atoms with Crippen LogP contribution in [-0.4, -0.2) is 17.3 Å². The van der Waals surface area contributed by atoms with Crippen LogP contribution in [-0.2, 0) is 14.4 Å². The minimum Gasteiger partial charge on any atom is -0.300 e. The molecule has 0 aromatic rings. The Bertz CT molecular complexity index is 689. The van der Waals surface area contributed by atoms with Crippen molar-refractivity contribution < 1.29 is 14.4 Å². The lowest BCUT2D eigenvalue weighted by atomic mass is 9.48. The Hall–Kier alpha value is -1.25. The maximum Gasteiger partial charge on any atom is 0.160 e. The fourth-order valence-corrected chi connectivity index (χ4v) is 7.04. The van der Waals surface area contributed by atoms with Crippen molar-refractivity contribution in [1.82, 2.24) is 0 Å². The molecule has 0 amide bonds. The van der Waals surface area contributed by atoms with Crippen LogP contribution in [0.15, 0.2) is 11.6 Å². The molecule has 0 aliphatic heterocycles. The highest BCUT2D eigenvalue weighted by atomic mass is 16.1. The summed E-state index contributed by atoms with van der Waals surface area (Å²) in [5.41, 5.74) is 0.921. The number of ketones is 3. The second-order valence-corrected chi connectivity index (χ2v) is 10.0. The van der Waals surface area contributed by atoms with Crippen molar-refractivity contribution in [3.8, 4) is 0 Å². The van der Waals surface area contributed by atoms with Gasteiger partial charge in [-0.3, -0.25) is 14.4 Å². The Balaban J connectivity index is 1.62. The first-order valence-corrected chi connectivity index (χ1v) is 9.96. The SMILES string of the molecule is CC(=O)C1CCC2CC3(CC[C@@]21C)CC(=O)C1=CC(=O)CC[C@]1(C)C3. The molecule has 0 N–H and O–H groups in total. The first kappa shape index (κ1) is 17.2. The molecule has 0 aromatic carbocycles. The van der Waals surface area contributed by atoms with Crippen LogP contribution in [0.25, 0.3) is 0 Å². The van der Waals surface area contributed by atoms with Crippen molar-refractivity contribution in [3.63, 3.8) is 0 Å². The minimum absolute atomic E-state index is 0.0966. The summed E-state index contributed by atoms with van der Waals surface area (Å²) < 4.78 is 0. The molecular weight excluding hydrogens is 312 g/mol. The van der Waals surface area contributed by atoms with Gasteiger partial charge in [0.1, 0.15) is 5.78 Å². The Labute approximate surface area is 150 Å². The number of carbonyl (C=O) groups is 3. The largest absolute Gasteiger partial charge is 0.300 e. The maximum absolute atomic E-state index is 12.9. The van der Waals surface area contributed by atoms with Crippen LogP contribution < -0.4 is 0 Å². The standard InChI is InChI=1S/C22H30O3/c1-14(23)17-5-4-15-11-22(9-8-21(15,17)3)12-19(25)18-10-16(24)6-7-20(18,2)13-22/h10,15,17H,4-9,11-13H2,1-3H3/t15?,17?,20-,21+,22?/m1/s1. The molecule has 4 rings (SSSR count). The molecule has 3 fully saturated rings. The Kier molecular flexibility index (Phi) is 3.69. The van der Waals surface area contributed by atoms with E-state index in [1.165, 1.54) is 0 Å². The third-order valence-corrected chi connectivity index (χ3v) is 8.38. The fraction of sp³-hybridized carbons (Fsp3) is 0.773. The maximum atomic E-state index is 12.9.